The SMILES string of the molecule is CCCCOOCC(CO)(CCC)OOC. The normalized spacial score (nSPS) is 15.0. The van der Waals surface area contributed by atoms with E-state index < -0.39 is 5.60 Å². The average molecular weight is 236 g/mol. The zero-order valence-corrected chi connectivity index (χ0v) is 10.5. The smallest absolute Gasteiger partial charge is 0.153 e. The van der Waals surface area contributed by atoms with Crippen molar-refractivity contribution >= 4 is 0 Å². The summed E-state index contributed by atoms with van der Waals surface area (Å²) in [7, 11) is 1.41. The van der Waals surface area contributed by atoms with Crippen molar-refractivity contribution in [1.29, 1.82) is 0 Å². The van der Waals surface area contributed by atoms with Gasteiger partial charge >= 0.3 is 0 Å². The standard InChI is InChI=1S/C11H24O5/c1-4-6-8-14-15-10-11(9-12,7-5-2)16-13-3/h12H,4-10H2,1-3H3. The molecular weight excluding hydrogens is 212 g/mol. The van der Waals surface area contributed by atoms with E-state index in [9.17, 15) is 5.11 Å². The van der Waals surface area contributed by atoms with Crippen LogP contribution in [0.1, 0.15) is 39.5 Å². The van der Waals surface area contributed by atoms with Crippen molar-refractivity contribution < 1.29 is 24.7 Å². The van der Waals surface area contributed by atoms with E-state index in [1.165, 1.54) is 7.11 Å². The lowest BCUT2D eigenvalue weighted by Crippen LogP contribution is -2.41. The Morgan fingerprint density at radius 1 is 1.12 bits per heavy atom. The Balaban J connectivity index is 3.89. The molecule has 0 aromatic rings. The van der Waals surface area contributed by atoms with Gasteiger partial charge in [0.2, 0.25) is 0 Å². The van der Waals surface area contributed by atoms with E-state index in [0.29, 0.717) is 13.0 Å². The third-order valence-corrected chi connectivity index (χ3v) is 2.24. The number of aliphatic hydroxyl groups excluding tert-OH is 1. The van der Waals surface area contributed by atoms with Crippen LogP contribution in [0.5, 0.6) is 0 Å². The van der Waals surface area contributed by atoms with Gasteiger partial charge in [0.05, 0.1) is 20.3 Å². The van der Waals surface area contributed by atoms with Crippen LogP contribution in [0, 0.1) is 0 Å². The molecule has 1 N–H and O–H groups in total. The van der Waals surface area contributed by atoms with Crippen LogP contribution in [0.3, 0.4) is 0 Å². The van der Waals surface area contributed by atoms with Crippen LogP contribution >= 0.6 is 0 Å². The molecule has 98 valence electrons. The molecule has 0 saturated carbocycles. The highest BCUT2D eigenvalue weighted by molar-refractivity contribution is 4.77. The summed E-state index contributed by atoms with van der Waals surface area (Å²) < 4.78 is 0. The second-order valence-corrected chi connectivity index (χ2v) is 3.78. The van der Waals surface area contributed by atoms with Crippen molar-refractivity contribution in [1.82, 2.24) is 0 Å². The second kappa shape index (κ2) is 9.99. The summed E-state index contributed by atoms with van der Waals surface area (Å²) in [5.41, 5.74) is -0.824. The lowest BCUT2D eigenvalue weighted by atomic mass is 10.0. The lowest BCUT2D eigenvalue weighted by Gasteiger charge is -2.28. The Hall–Kier alpha value is -0.200. The zero-order valence-electron chi connectivity index (χ0n) is 10.5. The number of hydrogen-bond donors (Lipinski definition) is 1. The highest BCUT2D eigenvalue weighted by Gasteiger charge is 2.32. The molecule has 0 aromatic heterocycles. The molecule has 0 aliphatic carbocycles. The molecule has 0 spiro atoms. The molecule has 0 aliphatic rings. The van der Waals surface area contributed by atoms with Gasteiger partial charge in [0.25, 0.3) is 0 Å². The van der Waals surface area contributed by atoms with Gasteiger partial charge in [-0.2, -0.15) is 0 Å². The van der Waals surface area contributed by atoms with Crippen LogP contribution in [0.4, 0.5) is 0 Å². The summed E-state index contributed by atoms with van der Waals surface area (Å²) in [4.78, 5) is 19.7. The van der Waals surface area contributed by atoms with E-state index >= 15 is 0 Å². The predicted octanol–water partition coefficient (Wildman–Crippen LogP) is 1.84. The van der Waals surface area contributed by atoms with Gasteiger partial charge in [-0.3, -0.25) is 0 Å². The lowest BCUT2D eigenvalue weighted by molar-refractivity contribution is -0.395. The van der Waals surface area contributed by atoms with Gasteiger partial charge in [0.1, 0.15) is 6.61 Å². The molecule has 0 saturated heterocycles. The highest BCUT2D eigenvalue weighted by Crippen LogP contribution is 2.18. The first-order valence-corrected chi connectivity index (χ1v) is 5.81. The highest BCUT2D eigenvalue weighted by atomic mass is 17.2. The van der Waals surface area contributed by atoms with Gasteiger partial charge in [-0.1, -0.05) is 26.7 Å². The van der Waals surface area contributed by atoms with Crippen LogP contribution in [-0.2, 0) is 19.6 Å². The van der Waals surface area contributed by atoms with Crippen molar-refractivity contribution in [3.8, 4) is 0 Å². The van der Waals surface area contributed by atoms with Gasteiger partial charge in [0, 0.05) is 0 Å². The molecule has 16 heavy (non-hydrogen) atoms. The molecule has 0 aromatic carbocycles. The molecule has 0 rings (SSSR count). The van der Waals surface area contributed by atoms with E-state index in [0.717, 1.165) is 19.3 Å². The Morgan fingerprint density at radius 3 is 2.38 bits per heavy atom. The summed E-state index contributed by atoms with van der Waals surface area (Å²) in [6.07, 6.45) is 3.51. The quantitative estimate of drug-likeness (QED) is 0.337. The minimum Gasteiger partial charge on any atom is -0.393 e. The number of hydrogen-bond acceptors (Lipinski definition) is 5. The Bertz CT molecular complexity index is 145. The van der Waals surface area contributed by atoms with Crippen molar-refractivity contribution in [2.75, 3.05) is 26.9 Å². The van der Waals surface area contributed by atoms with Crippen LogP contribution in [0.2, 0.25) is 0 Å². The van der Waals surface area contributed by atoms with Gasteiger partial charge in [-0.25, -0.2) is 19.6 Å². The Morgan fingerprint density at radius 2 is 1.88 bits per heavy atom. The van der Waals surface area contributed by atoms with E-state index in [2.05, 4.69) is 11.8 Å². The number of aliphatic hydroxyl groups is 1. The molecule has 0 heterocycles. The fourth-order valence-corrected chi connectivity index (χ4v) is 1.33. The maximum absolute atomic E-state index is 9.30. The summed E-state index contributed by atoms with van der Waals surface area (Å²) in [5, 5.41) is 9.30. The second-order valence-electron chi connectivity index (χ2n) is 3.78. The maximum Gasteiger partial charge on any atom is 0.153 e. The summed E-state index contributed by atoms with van der Waals surface area (Å²) in [6, 6.07) is 0. The minimum absolute atomic E-state index is 0.161. The molecule has 5 nitrogen and oxygen atoms in total. The number of rotatable bonds is 11. The minimum atomic E-state index is -0.824. The van der Waals surface area contributed by atoms with Gasteiger partial charge < -0.3 is 5.11 Å². The van der Waals surface area contributed by atoms with Gasteiger partial charge in [0.15, 0.2) is 5.60 Å². The molecule has 1 atom stereocenters. The van der Waals surface area contributed by atoms with E-state index in [1.54, 1.807) is 0 Å². The van der Waals surface area contributed by atoms with Gasteiger partial charge in [-0.05, 0) is 12.8 Å². The van der Waals surface area contributed by atoms with E-state index in [1.807, 2.05) is 6.92 Å². The topological polar surface area (TPSA) is 57.2 Å². The molecular formula is C11H24O5. The third kappa shape index (κ3) is 6.40. The van der Waals surface area contributed by atoms with Crippen molar-refractivity contribution in [2.45, 2.75) is 45.1 Å². The largest absolute Gasteiger partial charge is 0.393 e. The van der Waals surface area contributed by atoms with Gasteiger partial charge in [-0.15, -0.1) is 0 Å². The van der Waals surface area contributed by atoms with Crippen LogP contribution in [0.15, 0.2) is 0 Å². The fourth-order valence-electron chi connectivity index (χ4n) is 1.33. The summed E-state index contributed by atoms with van der Waals surface area (Å²) in [6.45, 7) is 4.63. The summed E-state index contributed by atoms with van der Waals surface area (Å²) in [5.74, 6) is 0. The first-order valence-electron chi connectivity index (χ1n) is 5.81. The fraction of sp³-hybridized carbons (Fsp3) is 1.00. The van der Waals surface area contributed by atoms with Crippen molar-refractivity contribution in [2.24, 2.45) is 0 Å². The Kier molecular flexibility index (Phi) is 9.86. The third-order valence-electron chi connectivity index (χ3n) is 2.24. The average Bonchev–Trinajstić information content (AvgIpc) is 2.29. The number of unbranched alkanes of at least 4 members (excludes halogenated alkanes) is 1. The van der Waals surface area contributed by atoms with Crippen LogP contribution in [0.25, 0.3) is 0 Å². The van der Waals surface area contributed by atoms with E-state index in [4.69, 9.17) is 14.7 Å². The maximum atomic E-state index is 9.30. The Labute approximate surface area is 97.5 Å². The van der Waals surface area contributed by atoms with Crippen LogP contribution in [-0.4, -0.2) is 37.6 Å². The predicted molar refractivity (Wildman–Crippen MR) is 59.6 cm³/mol. The molecule has 0 aliphatic heterocycles. The van der Waals surface area contributed by atoms with E-state index in [-0.39, 0.29) is 13.2 Å². The first kappa shape index (κ1) is 15.8. The molecule has 1 unspecified atom stereocenters. The molecule has 0 bridgehead atoms. The summed E-state index contributed by atoms with van der Waals surface area (Å²) >= 11 is 0. The van der Waals surface area contributed by atoms with Crippen LogP contribution < -0.4 is 0 Å². The first-order chi connectivity index (χ1) is 7.74. The van der Waals surface area contributed by atoms with Crippen molar-refractivity contribution in [3.63, 3.8) is 0 Å². The molecule has 0 fully saturated rings. The molecule has 5 heteroatoms. The monoisotopic (exact) mass is 236 g/mol. The molecule has 0 amide bonds. The van der Waals surface area contributed by atoms with Crippen molar-refractivity contribution in [3.05, 3.63) is 0 Å². The molecule has 0 radical (unpaired) electrons. The zero-order chi connectivity index (χ0) is 12.3.